The summed E-state index contributed by atoms with van der Waals surface area (Å²) in [4.78, 5) is 17.8. The van der Waals surface area contributed by atoms with Crippen LogP contribution in [0.15, 0.2) is 46.3 Å². The largest absolute Gasteiger partial charge is 0.411 e. The van der Waals surface area contributed by atoms with Gasteiger partial charge in [0, 0.05) is 31.0 Å². The maximum Gasteiger partial charge on any atom is 0.277 e. The molecule has 0 aromatic carbocycles. The second-order valence-electron chi connectivity index (χ2n) is 4.76. The Labute approximate surface area is 133 Å². The first-order chi connectivity index (χ1) is 10.6. The predicted octanol–water partition coefficient (Wildman–Crippen LogP) is 2.65. The zero-order chi connectivity index (χ0) is 15.9. The number of aromatic nitrogens is 3. The van der Waals surface area contributed by atoms with E-state index >= 15 is 0 Å². The predicted molar refractivity (Wildman–Crippen MR) is 85.3 cm³/mol. The minimum Gasteiger partial charge on any atom is -0.411 e. The van der Waals surface area contributed by atoms with Gasteiger partial charge in [0.1, 0.15) is 0 Å². The lowest BCUT2D eigenvalue weighted by Crippen LogP contribution is -2.33. The Morgan fingerprint density at radius 2 is 2.09 bits per heavy atom. The zero-order valence-corrected chi connectivity index (χ0v) is 13.5. The molecule has 0 saturated heterocycles. The standard InChI is InChI=1S/C15H18N4O2S/c1-4-19(9-11(2)3)13(20)10-22-15-18-17-14(21-15)12-5-7-16-8-6-12/h5-8H,2,4,9-10H2,1,3H3. The Morgan fingerprint density at radius 1 is 1.36 bits per heavy atom. The van der Waals surface area contributed by atoms with E-state index in [1.807, 2.05) is 13.8 Å². The van der Waals surface area contributed by atoms with E-state index in [1.165, 1.54) is 11.8 Å². The smallest absolute Gasteiger partial charge is 0.277 e. The Kier molecular flexibility index (Phi) is 5.71. The Balaban J connectivity index is 1.93. The Hall–Kier alpha value is -2.15. The van der Waals surface area contributed by atoms with Crippen LogP contribution in [0.5, 0.6) is 0 Å². The number of rotatable bonds is 7. The minimum absolute atomic E-state index is 0.0270. The molecule has 0 saturated carbocycles. The third kappa shape index (κ3) is 4.42. The van der Waals surface area contributed by atoms with Crippen LogP contribution in [0.1, 0.15) is 13.8 Å². The van der Waals surface area contributed by atoms with Crippen molar-refractivity contribution in [3.63, 3.8) is 0 Å². The first-order valence-electron chi connectivity index (χ1n) is 6.89. The normalized spacial score (nSPS) is 10.5. The van der Waals surface area contributed by atoms with Crippen LogP contribution >= 0.6 is 11.8 Å². The molecule has 2 aromatic rings. The number of hydrogen-bond donors (Lipinski definition) is 0. The molecule has 0 radical (unpaired) electrons. The topological polar surface area (TPSA) is 72.1 Å². The highest BCUT2D eigenvalue weighted by Gasteiger charge is 2.15. The second-order valence-corrected chi connectivity index (χ2v) is 5.69. The van der Waals surface area contributed by atoms with E-state index in [1.54, 1.807) is 29.4 Å². The highest BCUT2D eigenvalue weighted by molar-refractivity contribution is 7.99. The fraction of sp³-hybridized carbons (Fsp3) is 0.333. The number of amides is 1. The summed E-state index contributed by atoms with van der Waals surface area (Å²) in [5, 5.41) is 8.30. The van der Waals surface area contributed by atoms with Gasteiger partial charge in [0.25, 0.3) is 5.22 Å². The average Bonchev–Trinajstić information content (AvgIpc) is 3.00. The fourth-order valence-corrected chi connectivity index (χ4v) is 2.46. The van der Waals surface area contributed by atoms with Crippen molar-refractivity contribution in [2.24, 2.45) is 0 Å². The molecule has 0 spiro atoms. The molecule has 1 amide bonds. The lowest BCUT2D eigenvalue weighted by atomic mass is 10.3. The molecule has 7 heteroatoms. The molecule has 22 heavy (non-hydrogen) atoms. The Bertz CT molecular complexity index is 642. The van der Waals surface area contributed by atoms with E-state index in [9.17, 15) is 4.79 Å². The third-order valence-electron chi connectivity index (χ3n) is 2.85. The highest BCUT2D eigenvalue weighted by atomic mass is 32.2. The number of nitrogens with zero attached hydrogens (tertiary/aromatic N) is 4. The first kappa shape index (κ1) is 16.2. The van der Waals surface area contributed by atoms with Gasteiger partial charge in [0.05, 0.1) is 5.75 Å². The van der Waals surface area contributed by atoms with Crippen LogP contribution < -0.4 is 0 Å². The summed E-state index contributed by atoms with van der Waals surface area (Å²) >= 11 is 1.24. The van der Waals surface area contributed by atoms with Crippen molar-refractivity contribution in [2.45, 2.75) is 19.1 Å². The summed E-state index contributed by atoms with van der Waals surface area (Å²) in [5.74, 6) is 0.713. The Morgan fingerprint density at radius 3 is 2.73 bits per heavy atom. The van der Waals surface area contributed by atoms with Gasteiger partial charge in [0.15, 0.2) is 0 Å². The summed E-state index contributed by atoms with van der Waals surface area (Å²) in [6, 6.07) is 3.58. The van der Waals surface area contributed by atoms with E-state index in [2.05, 4.69) is 21.8 Å². The molecule has 0 aliphatic heterocycles. The molecule has 0 unspecified atom stereocenters. The summed E-state index contributed by atoms with van der Waals surface area (Å²) in [7, 11) is 0. The molecular weight excluding hydrogens is 300 g/mol. The summed E-state index contributed by atoms with van der Waals surface area (Å²) in [6.45, 7) is 8.91. The highest BCUT2D eigenvalue weighted by Crippen LogP contribution is 2.22. The van der Waals surface area contributed by atoms with Gasteiger partial charge in [0.2, 0.25) is 11.8 Å². The van der Waals surface area contributed by atoms with Gasteiger partial charge >= 0.3 is 0 Å². The molecule has 0 fully saturated rings. The number of carbonyl (C=O) groups is 1. The first-order valence-corrected chi connectivity index (χ1v) is 7.87. The summed E-state index contributed by atoms with van der Waals surface area (Å²) in [5.41, 5.74) is 1.76. The molecule has 2 aromatic heterocycles. The number of likely N-dealkylation sites (N-methyl/N-ethyl adjacent to an activating group) is 1. The van der Waals surface area contributed by atoms with E-state index in [0.717, 1.165) is 11.1 Å². The lowest BCUT2D eigenvalue weighted by molar-refractivity contribution is -0.127. The van der Waals surface area contributed by atoms with Crippen molar-refractivity contribution in [3.8, 4) is 11.5 Å². The number of carbonyl (C=O) groups excluding carboxylic acids is 1. The molecule has 2 heterocycles. The van der Waals surface area contributed by atoms with Crippen LogP contribution in [0.3, 0.4) is 0 Å². The molecule has 6 nitrogen and oxygen atoms in total. The molecule has 0 aliphatic rings. The van der Waals surface area contributed by atoms with Crippen LogP contribution in [-0.4, -0.2) is 44.8 Å². The third-order valence-corrected chi connectivity index (χ3v) is 3.65. The quantitative estimate of drug-likeness (QED) is 0.577. The molecule has 0 atom stereocenters. The summed E-state index contributed by atoms with van der Waals surface area (Å²) < 4.78 is 5.54. The second kappa shape index (κ2) is 7.74. The van der Waals surface area contributed by atoms with Crippen molar-refractivity contribution in [2.75, 3.05) is 18.8 Å². The molecular formula is C15H18N4O2S. The van der Waals surface area contributed by atoms with Gasteiger partial charge in [-0.25, -0.2) is 0 Å². The monoisotopic (exact) mass is 318 g/mol. The van der Waals surface area contributed by atoms with E-state index < -0.39 is 0 Å². The number of hydrogen-bond acceptors (Lipinski definition) is 6. The van der Waals surface area contributed by atoms with Gasteiger partial charge < -0.3 is 9.32 Å². The lowest BCUT2D eigenvalue weighted by Gasteiger charge is -2.20. The van der Waals surface area contributed by atoms with Gasteiger partial charge in [-0.2, -0.15) is 0 Å². The zero-order valence-electron chi connectivity index (χ0n) is 12.7. The summed E-state index contributed by atoms with van der Waals surface area (Å²) in [6.07, 6.45) is 3.32. The van der Waals surface area contributed by atoms with Gasteiger partial charge in [-0.15, -0.1) is 10.2 Å². The van der Waals surface area contributed by atoms with Crippen LogP contribution in [0.4, 0.5) is 0 Å². The molecule has 2 rings (SSSR count). The van der Waals surface area contributed by atoms with Crippen molar-refractivity contribution < 1.29 is 9.21 Å². The SMILES string of the molecule is C=C(C)CN(CC)C(=O)CSc1nnc(-c2ccncc2)o1. The molecule has 0 N–H and O–H groups in total. The average molecular weight is 318 g/mol. The van der Waals surface area contributed by atoms with E-state index in [0.29, 0.717) is 24.2 Å². The van der Waals surface area contributed by atoms with Crippen LogP contribution in [0, 0.1) is 0 Å². The molecule has 0 aliphatic carbocycles. The van der Waals surface area contributed by atoms with Crippen molar-refractivity contribution in [1.82, 2.24) is 20.1 Å². The van der Waals surface area contributed by atoms with Crippen LogP contribution in [-0.2, 0) is 4.79 Å². The van der Waals surface area contributed by atoms with Crippen LogP contribution in [0.2, 0.25) is 0 Å². The number of pyridine rings is 1. The van der Waals surface area contributed by atoms with Crippen molar-refractivity contribution in [3.05, 3.63) is 36.7 Å². The van der Waals surface area contributed by atoms with Crippen LogP contribution in [0.25, 0.3) is 11.5 Å². The van der Waals surface area contributed by atoms with Gasteiger partial charge in [-0.3, -0.25) is 9.78 Å². The number of thioether (sulfide) groups is 1. The fourth-order valence-electron chi connectivity index (χ4n) is 1.80. The van der Waals surface area contributed by atoms with Gasteiger partial charge in [-0.05, 0) is 26.0 Å². The maximum absolute atomic E-state index is 12.1. The maximum atomic E-state index is 12.1. The molecule has 116 valence electrons. The van der Waals surface area contributed by atoms with E-state index in [-0.39, 0.29) is 11.7 Å². The van der Waals surface area contributed by atoms with Crippen molar-refractivity contribution >= 4 is 17.7 Å². The minimum atomic E-state index is 0.0270. The van der Waals surface area contributed by atoms with Gasteiger partial charge in [-0.1, -0.05) is 23.9 Å². The van der Waals surface area contributed by atoms with Crippen molar-refractivity contribution in [1.29, 1.82) is 0 Å². The van der Waals surface area contributed by atoms with E-state index in [4.69, 9.17) is 4.42 Å². The molecule has 0 bridgehead atoms.